The molecule has 1 aliphatic heterocycles. The van der Waals surface area contributed by atoms with E-state index in [0.717, 1.165) is 31.9 Å². The van der Waals surface area contributed by atoms with Gasteiger partial charge in [0.15, 0.2) is 0 Å². The highest BCUT2D eigenvalue weighted by atomic mass is 35.5. The van der Waals surface area contributed by atoms with Crippen molar-refractivity contribution >= 4 is 28.9 Å². The van der Waals surface area contributed by atoms with Gasteiger partial charge in [0, 0.05) is 43.1 Å². The van der Waals surface area contributed by atoms with E-state index in [-0.39, 0.29) is 5.91 Å². The Hall–Kier alpha value is -2.31. The highest BCUT2D eigenvalue weighted by molar-refractivity contribution is 6.31. The van der Waals surface area contributed by atoms with Crippen molar-refractivity contribution in [3.63, 3.8) is 0 Å². The fourth-order valence-corrected chi connectivity index (χ4v) is 2.94. The third kappa shape index (κ3) is 4.21. The molecule has 0 unspecified atom stereocenters. The number of nitrogens with zero attached hydrogens (tertiary/aromatic N) is 3. The monoisotopic (exact) mass is 360 g/mol. The lowest BCUT2D eigenvalue weighted by atomic mass is 10.2. The molecule has 1 aliphatic rings. The van der Waals surface area contributed by atoms with Gasteiger partial charge in [-0.05, 0) is 37.4 Å². The average Bonchev–Trinajstić information content (AvgIpc) is 2.62. The van der Waals surface area contributed by atoms with Gasteiger partial charge in [0.2, 0.25) is 0 Å². The first-order chi connectivity index (χ1) is 12.1. The number of amides is 1. The number of carbonyl (C=O) groups is 1. The van der Waals surface area contributed by atoms with Crippen molar-refractivity contribution in [2.45, 2.75) is 0 Å². The Labute approximate surface area is 152 Å². The van der Waals surface area contributed by atoms with Crippen LogP contribution >= 0.6 is 11.6 Å². The van der Waals surface area contributed by atoms with Gasteiger partial charge in [0.25, 0.3) is 5.91 Å². The van der Waals surface area contributed by atoms with Gasteiger partial charge in [-0.3, -0.25) is 9.78 Å². The quantitative estimate of drug-likeness (QED) is 0.908. The largest absolute Gasteiger partial charge is 0.495 e. The van der Waals surface area contributed by atoms with Gasteiger partial charge in [0.05, 0.1) is 12.8 Å². The van der Waals surface area contributed by atoms with Crippen molar-refractivity contribution in [3.05, 3.63) is 47.2 Å². The average molecular weight is 361 g/mol. The summed E-state index contributed by atoms with van der Waals surface area (Å²) in [6, 6.07) is 8.83. The molecule has 1 aromatic carbocycles. The van der Waals surface area contributed by atoms with E-state index in [1.54, 1.807) is 31.5 Å². The molecule has 0 aliphatic carbocycles. The van der Waals surface area contributed by atoms with Crippen molar-refractivity contribution in [1.29, 1.82) is 0 Å². The van der Waals surface area contributed by atoms with E-state index < -0.39 is 0 Å². The smallest absolute Gasteiger partial charge is 0.274 e. The van der Waals surface area contributed by atoms with Crippen LogP contribution in [-0.2, 0) is 0 Å². The van der Waals surface area contributed by atoms with E-state index in [1.165, 1.54) is 0 Å². The van der Waals surface area contributed by atoms with Gasteiger partial charge in [-0.15, -0.1) is 0 Å². The summed E-state index contributed by atoms with van der Waals surface area (Å²) in [5, 5.41) is 3.34. The SMILES string of the molecule is COc1ccc(Cl)cc1NC(=O)c1cc(N2CCN(C)CC2)ccn1. The van der Waals surface area contributed by atoms with Gasteiger partial charge >= 0.3 is 0 Å². The number of carbonyl (C=O) groups excluding carboxylic acids is 1. The summed E-state index contributed by atoms with van der Waals surface area (Å²) in [4.78, 5) is 21.3. The molecule has 0 radical (unpaired) electrons. The van der Waals surface area contributed by atoms with Crippen LogP contribution in [0.2, 0.25) is 5.02 Å². The van der Waals surface area contributed by atoms with Crippen molar-refractivity contribution in [3.8, 4) is 5.75 Å². The lowest BCUT2D eigenvalue weighted by Crippen LogP contribution is -2.44. The molecule has 0 spiro atoms. The number of hydrogen-bond acceptors (Lipinski definition) is 5. The number of likely N-dealkylation sites (N-methyl/N-ethyl adjacent to an activating group) is 1. The topological polar surface area (TPSA) is 57.7 Å². The van der Waals surface area contributed by atoms with Gasteiger partial charge in [-0.25, -0.2) is 0 Å². The van der Waals surface area contributed by atoms with Crippen molar-refractivity contribution < 1.29 is 9.53 Å². The molecule has 6 nitrogen and oxygen atoms in total. The van der Waals surface area contributed by atoms with Gasteiger partial charge in [-0.1, -0.05) is 11.6 Å². The van der Waals surface area contributed by atoms with Gasteiger partial charge in [-0.2, -0.15) is 0 Å². The zero-order valence-corrected chi connectivity index (χ0v) is 15.1. The second-order valence-electron chi connectivity index (χ2n) is 5.99. The van der Waals surface area contributed by atoms with Crippen LogP contribution in [0.5, 0.6) is 5.75 Å². The van der Waals surface area contributed by atoms with E-state index in [0.29, 0.717) is 22.2 Å². The first-order valence-electron chi connectivity index (χ1n) is 8.11. The minimum Gasteiger partial charge on any atom is -0.495 e. The number of anilines is 2. The number of ether oxygens (including phenoxy) is 1. The fourth-order valence-electron chi connectivity index (χ4n) is 2.77. The molecule has 1 N–H and O–H groups in total. The van der Waals surface area contributed by atoms with Gasteiger partial charge < -0.3 is 19.9 Å². The number of pyridine rings is 1. The molecule has 0 atom stereocenters. The number of nitrogens with one attached hydrogen (secondary N) is 1. The first kappa shape index (κ1) is 17.5. The Kier molecular flexibility index (Phi) is 5.40. The summed E-state index contributed by atoms with van der Waals surface area (Å²) in [5.41, 5.74) is 1.89. The predicted molar refractivity (Wildman–Crippen MR) is 99.9 cm³/mol. The van der Waals surface area contributed by atoms with Crippen LogP contribution in [0, 0.1) is 0 Å². The van der Waals surface area contributed by atoms with E-state index >= 15 is 0 Å². The lowest BCUT2D eigenvalue weighted by Gasteiger charge is -2.34. The Balaban J connectivity index is 1.77. The van der Waals surface area contributed by atoms with Crippen LogP contribution in [0.1, 0.15) is 10.5 Å². The van der Waals surface area contributed by atoms with E-state index in [4.69, 9.17) is 16.3 Å². The van der Waals surface area contributed by atoms with Crippen LogP contribution in [0.3, 0.4) is 0 Å². The summed E-state index contributed by atoms with van der Waals surface area (Å²) in [7, 11) is 3.66. The molecule has 25 heavy (non-hydrogen) atoms. The molecule has 1 amide bonds. The summed E-state index contributed by atoms with van der Waals surface area (Å²) < 4.78 is 5.26. The normalized spacial score (nSPS) is 15.1. The second-order valence-corrected chi connectivity index (χ2v) is 6.42. The first-order valence-corrected chi connectivity index (χ1v) is 8.49. The van der Waals surface area contributed by atoms with Crippen LogP contribution in [0.4, 0.5) is 11.4 Å². The number of benzene rings is 1. The third-order valence-corrected chi connectivity index (χ3v) is 4.49. The maximum absolute atomic E-state index is 12.6. The van der Waals surface area contributed by atoms with Crippen molar-refractivity contribution in [2.24, 2.45) is 0 Å². The van der Waals surface area contributed by atoms with Crippen molar-refractivity contribution in [1.82, 2.24) is 9.88 Å². The summed E-state index contributed by atoms with van der Waals surface area (Å²) in [5.74, 6) is 0.254. The molecule has 1 saturated heterocycles. The Bertz CT molecular complexity index is 760. The standard InChI is InChI=1S/C18H21ClN4O2/c1-22-7-9-23(10-8-22)14-5-6-20-16(12-14)18(24)21-15-11-13(19)3-4-17(15)25-2/h3-6,11-12H,7-10H2,1-2H3,(H,21,24). The van der Waals surface area contributed by atoms with Crippen LogP contribution in [0.25, 0.3) is 0 Å². The Morgan fingerprint density at radius 1 is 1.20 bits per heavy atom. The number of piperazine rings is 1. The zero-order chi connectivity index (χ0) is 17.8. The Morgan fingerprint density at radius 3 is 2.68 bits per heavy atom. The molecule has 2 aromatic rings. The maximum atomic E-state index is 12.6. The fraction of sp³-hybridized carbons (Fsp3) is 0.333. The summed E-state index contributed by atoms with van der Waals surface area (Å²) in [6.07, 6.45) is 1.66. The predicted octanol–water partition coefficient (Wildman–Crippen LogP) is 2.75. The summed E-state index contributed by atoms with van der Waals surface area (Å²) >= 11 is 6.01. The van der Waals surface area contributed by atoms with Gasteiger partial charge in [0.1, 0.15) is 11.4 Å². The minimum absolute atomic E-state index is 0.295. The summed E-state index contributed by atoms with van der Waals surface area (Å²) in [6.45, 7) is 3.88. The molecule has 132 valence electrons. The molecule has 7 heteroatoms. The van der Waals surface area contributed by atoms with Crippen LogP contribution < -0.4 is 15.0 Å². The molecule has 1 fully saturated rings. The molecule has 1 aromatic heterocycles. The lowest BCUT2D eigenvalue weighted by molar-refractivity contribution is 0.102. The van der Waals surface area contributed by atoms with Crippen LogP contribution in [0.15, 0.2) is 36.5 Å². The molecular formula is C18H21ClN4O2. The van der Waals surface area contributed by atoms with Crippen molar-refractivity contribution in [2.75, 3.05) is 50.6 Å². The molecule has 0 bridgehead atoms. The van der Waals surface area contributed by atoms with Crippen LogP contribution in [-0.4, -0.2) is 56.1 Å². The van der Waals surface area contributed by atoms with E-state index in [1.807, 2.05) is 12.1 Å². The third-order valence-electron chi connectivity index (χ3n) is 4.25. The maximum Gasteiger partial charge on any atom is 0.274 e. The Morgan fingerprint density at radius 2 is 1.96 bits per heavy atom. The molecule has 3 rings (SSSR count). The number of methoxy groups -OCH3 is 1. The zero-order valence-electron chi connectivity index (χ0n) is 14.3. The van der Waals surface area contributed by atoms with E-state index in [2.05, 4.69) is 27.1 Å². The number of halogens is 1. The van der Waals surface area contributed by atoms with E-state index in [9.17, 15) is 4.79 Å². The number of aromatic nitrogens is 1. The second kappa shape index (κ2) is 7.72. The highest BCUT2D eigenvalue weighted by Crippen LogP contribution is 2.28. The number of rotatable bonds is 4. The molecular weight excluding hydrogens is 340 g/mol. The molecule has 2 heterocycles. The molecule has 0 saturated carbocycles. The number of hydrogen-bond donors (Lipinski definition) is 1. The minimum atomic E-state index is -0.295. The highest BCUT2D eigenvalue weighted by Gasteiger charge is 2.17.